The number of ketones is 1. The van der Waals surface area contributed by atoms with Gasteiger partial charge >= 0.3 is 0 Å². The predicted molar refractivity (Wildman–Crippen MR) is 71.4 cm³/mol. The molecule has 1 aromatic carbocycles. The number of nitrogens with zero attached hydrogens (tertiary/aromatic N) is 1. The van der Waals surface area contributed by atoms with Crippen LogP contribution in [-0.2, 0) is 6.42 Å². The van der Waals surface area contributed by atoms with Gasteiger partial charge in [0.25, 0.3) is 0 Å². The van der Waals surface area contributed by atoms with Crippen LogP contribution in [0.4, 0.5) is 0 Å². The Morgan fingerprint density at radius 3 is 2.81 bits per heavy atom. The fraction of sp³-hybridized carbons (Fsp3) is 0.0769. The fourth-order valence-corrected chi connectivity index (χ4v) is 2.00. The molecule has 0 bridgehead atoms. The molecular weight excluding hydrogens is 313 g/mol. The van der Waals surface area contributed by atoms with E-state index in [1.54, 1.807) is 12.4 Å². The standard InChI is InChI=1S/C13H10INO/c14-12-5-1-4-11(8-12)13(16)7-10-3-2-6-15-9-10/h1-6,8-9H,7H2. The Kier molecular flexibility index (Phi) is 3.66. The lowest BCUT2D eigenvalue weighted by Gasteiger charge is -2.01. The van der Waals surface area contributed by atoms with Crippen molar-refractivity contribution in [2.24, 2.45) is 0 Å². The van der Waals surface area contributed by atoms with Crippen LogP contribution in [0.3, 0.4) is 0 Å². The molecule has 0 aliphatic carbocycles. The van der Waals surface area contributed by atoms with Crippen LogP contribution in [-0.4, -0.2) is 10.8 Å². The molecular formula is C13H10INO. The first-order valence-corrected chi connectivity index (χ1v) is 6.01. The van der Waals surface area contributed by atoms with Crippen LogP contribution in [0.15, 0.2) is 48.8 Å². The fourth-order valence-electron chi connectivity index (χ4n) is 1.45. The third-order valence-corrected chi connectivity index (χ3v) is 2.91. The van der Waals surface area contributed by atoms with E-state index < -0.39 is 0 Å². The average Bonchev–Trinajstić information content (AvgIpc) is 2.30. The SMILES string of the molecule is O=C(Cc1cccnc1)c1cccc(I)c1. The van der Waals surface area contributed by atoms with Gasteiger partial charge in [-0.25, -0.2) is 0 Å². The first-order chi connectivity index (χ1) is 7.75. The molecule has 0 amide bonds. The number of carbonyl (C=O) groups is 1. The number of Topliss-reactive ketones (excluding diaryl/α,β-unsaturated/α-hetero) is 1. The molecule has 2 nitrogen and oxygen atoms in total. The Morgan fingerprint density at radius 1 is 1.25 bits per heavy atom. The summed E-state index contributed by atoms with van der Waals surface area (Å²) in [6.45, 7) is 0. The molecule has 1 aromatic heterocycles. The predicted octanol–water partition coefficient (Wildman–Crippen LogP) is 3.11. The van der Waals surface area contributed by atoms with Gasteiger partial charge in [0.05, 0.1) is 0 Å². The van der Waals surface area contributed by atoms with Gasteiger partial charge in [-0.05, 0) is 46.4 Å². The van der Waals surface area contributed by atoms with E-state index in [9.17, 15) is 4.79 Å². The zero-order valence-electron chi connectivity index (χ0n) is 8.56. The molecule has 0 saturated heterocycles. The smallest absolute Gasteiger partial charge is 0.167 e. The summed E-state index contributed by atoms with van der Waals surface area (Å²) in [5, 5.41) is 0. The average molecular weight is 323 g/mol. The number of rotatable bonds is 3. The molecule has 0 N–H and O–H groups in total. The van der Waals surface area contributed by atoms with Crippen molar-refractivity contribution >= 4 is 28.4 Å². The van der Waals surface area contributed by atoms with Crippen LogP contribution >= 0.6 is 22.6 Å². The van der Waals surface area contributed by atoms with Gasteiger partial charge in [-0.1, -0.05) is 18.2 Å². The third-order valence-electron chi connectivity index (χ3n) is 2.23. The van der Waals surface area contributed by atoms with Crippen LogP contribution in [0.25, 0.3) is 0 Å². The van der Waals surface area contributed by atoms with E-state index in [1.165, 1.54) is 0 Å². The summed E-state index contributed by atoms with van der Waals surface area (Å²) in [4.78, 5) is 15.9. The van der Waals surface area contributed by atoms with Crippen LogP contribution in [0.5, 0.6) is 0 Å². The molecule has 3 heteroatoms. The second-order valence-electron chi connectivity index (χ2n) is 3.47. The van der Waals surface area contributed by atoms with Gasteiger partial charge in [0.1, 0.15) is 0 Å². The van der Waals surface area contributed by atoms with Crippen molar-refractivity contribution in [1.82, 2.24) is 4.98 Å². The second-order valence-corrected chi connectivity index (χ2v) is 4.72. The number of halogens is 1. The van der Waals surface area contributed by atoms with Gasteiger partial charge in [-0.15, -0.1) is 0 Å². The molecule has 16 heavy (non-hydrogen) atoms. The maximum absolute atomic E-state index is 11.9. The summed E-state index contributed by atoms with van der Waals surface area (Å²) in [7, 11) is 0. The van der Waals surface area contributed by atoms with Crippen LogP contribution in [0.2, 0.25) is 0 Å². The molecule has 0 saturated carbocycles. The normalized spacial score (nSPS) is 10.1. The van der Waals surface area contributed by atoms with E-state index in [4.69, 9.17) is 0 Å². The lowest BCUT2D eigenvalue weighted by Crippen LogP contribution is -2.03. The highest BCUT2D eigenvalue weighted by Crippen LogP contribution is 2.10. The van der Waals surface area contributed by atoms with E-state index in [1.807, 2.05) is 36.4 Å². The zero-order chi connectivity index (χ0) is 11.4. The largest absolute Gasteiger partial charge is 0.294 e. The van der Waals surface area contributed by atoms with Crippen molar-refractivity contribution in [3.8, 4) is 0 Å². The van der Waals surface area contributed by atoms with Gasteiger partial charge in [-0.2, -0.15) is 0 Å². The van der Waals surface area contributed by atoms with Crippen molar-refractivity contribution in [1.29, 1.82) is 0 Å². The molecule has 1 heterocycles. The van der Waals surface area contributed by atoms with Crippen molar-refractivity contribution < 1.29 is 4.79 Å². The van der Waals surface area contributed by atoms with Gasteiger partial charge < -0.3 is 0 Å². The highest BCUT2D eigenvalue weighted by Gasteiger charge is 2.06. The molecule has 0 aliphatic rings. The second kappa shape index (κ2) is 5.21. The minimum atomic E-state index is 0.131. The van der Waals surface area contributed by atoms with Gasteiger partial charge in [0.2, 0.25) is 0 Å². The van der Waals surface area contributed by atoms with E-state index in [0.29, 0.717) is 6.42 Å². The number of aromatic nitrogens is 1. The van der Waals surface area contributed by atoms with E-state index in [0.717, 1.165) is 14.7 Å². The minimum absolute atomic E-state index is 0.131. The Bertz CT molecular complexity index is 496. The monoisotopic (exact) mass is 323 g/mol. The van der Waals surface area contributed by atoms with Crippen molar-refractivity contribution in [2.45, 2.75) is 6.42 Å². The zero-order valence-corrected chi connectivity index (χ0v) is 10.7. The highest BCUT2D eigenvalue weighted by atomic mass is 127. The third kappa shape index (κ3) is 2.88. The highest BCUT2D eigenvalue weighted by molar-refractivity contribution is 14.1. The summed E-state index contributed by atoms with van der Waals surface area (Å²) in [6.07, 6.45) is 3.85. The Balaban J connectivity index is 2.15. The lowest BCUT2D eigenvalue weighted by molar-refractivity contribution is 0.0993. The molecule has 0 atom stereocenters. The van der Waals surface area contributed by atoms with Crippen LogP contribution in [0, 0.1) is 3.57 Å². The number of hydrogen-bond acceptors (Lipinski definition) is 2. The molecule has 0 unspecified atom stereocenters. The van der Waals surface area contributed by atoms with Gasteiger partial charge in [0.15, 0.2) is 5.78 Å². The topological polar surface area (TPSA) is 30.0 Å². The van der Waals surface area contributed by atoms with Crippen molar-refractivity contribution in [3.63, 3.8) is 0 Å². The quantitative estimate of drug-likeness (QED) is 0.642. The summed E-state index contributed by atoms with van der Waals surface area (Å²) in [6, 6.07) is 11.4. The number of benzene rings is 1. The lowest BCUT2D eigenvalue weighted by atomic mass is 10.0. The van der Waals surface area contributed by atoms with Gasteiger partial charge in [0, 0.05) is 27.9 Å². The van der Waals surface area contributed by atoms with E-state index in [-0.39, 0.29) is 5.78 Å². The maximum atomic E-state index is 11.9. The van der Waals surface area contributed by atoms with Crippen molar-refractivity contribution in [2.75, 3.05) is 0 Å². The molecule has 80 valence electrons. The first-order valence-electron chi connectivity index (χ1n) is 4.93. The Labute approximate surface area is 108 Å². The summed E-state index contributed by atoms with van der Waals surface area (Å²) < 4.78 is 1.08. The van der Waals surface area contributed by atoms with Crippen LogP contribution < -0.4 is 0 Å². The molecule has 0 spiro atoms. The Morgan fingerprint density at radius 2 is 2.12 bits per heavy atom. The minimum Gasteiger partial charge on any atom is -0.294 e. The maximum Gasteiger partial charge on any atom is 0.167 e. The van der Waals surface area contributed by atoms with E-state index in [2.05, 4.69) is 27.6 Å². The van der Waals surface area contributed by atoms with Gasteiger partial charge in [-0.3, -0.25) is 9.78 Å². The summed E-state index contributed by atoms with van der Waals surface area (Å²) in [5.41, 5.74) is 1.71. The summed E-state index contributed by atoms with van der Waals surface area (Å²) >= 11 is 2.21. The number of hydrogen-bond donors (Lipinski definition) is 0. The molecule has 0 radical (unpaired) electrons. The molecule has 2 aromatic rings. The van der Waals surface area contributed by atoms with Crippen molar-refractivity contribution in [3.05, 3.63) is 63.5 Å². The molecule has 2 rings (SSSR count). The number of carbonyl (C=O) groups excluding carboxylic acids is 1. The Hall–Kier alpha value is -1.23. The molecule has 0 fully saturated rings. The summed E-state index contributed by atoms with van der Waals surface area (Å²) in [5.74, 6) is 0.131. The molecule has 0 aliphatic heterocycles. The van der Waals surface area contributed by atoms with Crippen LogP contribution in [0.1, 0.15) is 15.9 Å². The van der Waals surface area contributed by atoms with E-state index >= 15 is 0 Å². The first kappa shape index (κ1) is 11.3. The number of pyridine rings is 1.